The standard InChI is InChI=1S/C25H29FO5S/c1-14-9-10-25(2,24-23(30)22(29)21(28)19(13-27)31-24)12-16(14)11-18-7-8-20(32-18)15-3-5-17(26)6-4-15/h3-10,19,21-24,27-30H,11-13H2,1-2H3/t19-,21-,22+,23-,24?,25?/m1/s1. The van der Waals surface area contributed by atoms with Gasteiger partial charge in [-0.3, -0.25) is 0 Å². The Kier molecular flexibility index (Phi) is 6.68. The Morgan fingerprint density at radius 2 is 1.78 bits per heavy atom. The summed E-state index contributed by atoms with van der Waals surface area (Å²) in [6.07, 6.45) is -0.376. The van der Waals surface area contributed by atoms with Crippen LogP contribution in [-0.4, -0.2) is 57.6 Å². The molecule has 0 amide bonds. The number of thiophene rings is 1. The van der Waals surface area contributed by atoms with Crippen molar-refractivity contribution in [2.24, 2.45) is 5.41 Å². The zero-order chi connectivity index (χ0) is 23.0. The number of ether oxygens (including phenoxy) is 1. The predicted octanol–water partition coefficient (Wildman–Crippen LogP) is 3.22. The monoisotopic (exact) mass is 460 g/mol. The molecule has 32 heavy (non-hydrogen) atoms. The minimum atomic E-state index is -1.39. The molecule has 1 aliphatic carbocycles. The molecule has 1 aromatic heterocycles. The summed E-state index contributed by atoms with van der Waals surface area (Å²) in [4.78, 5) is 2.24. The lowest BCUT2D eigenvalue weighted by molar-refractivity contribution is -0.249. The summed E-state index contributed by atoms with van der Waals surface area (Å²) < 4.78 is 19.1. The Morgan fingerprint density at radius 1 is 1.06 bits per heavy atom. The molecule has 2 unspecified atom stereocenters. The van der Waals surface area contributed by atoms with Gasteiger partial charge < -0.3 is 25.2 Å². The molecule has 1 aliphatic heterocycles. The van der Waals surface area contributed by atoms with E-state index in [1.807, 2.05) is 32.1 Å². The topological polar surface area (TPSA) is 90.2 Å². The molecule has 1 saturated heterocycles. The van der Waals surface area contributed by atoms with Crippen molar-refractivity contribution in [2.45, 2.75) is 57.2 Å². The van der Waals surface area contributed by atoms with Gasteiger partial charge in [0.05, 0.1) is 12.7 Å². The zero-order valence-corrected chi connectivity index (χ0v) is 18.9. The lowest BCUT2D eigenvalue weighted by Gasteiger charge is -2.48. The first-order valence-corrected chi connectivity index (χ1v) is 11.6. The van der Waals surface area contributed by atoms with Crippen molar-refractivity contribution in [3.63, 3.8) is 0 Å². The number of benzene rings is 1. The lowest BCUT2D eigenvalue weighted by Crippen LogP contribution is -2.62. The van der Waals surface area contributed by atoms with E-state index in [0.717, 1.165) is 22.4 Å². The maximum Gasteiger partial charge on any atom is 0.123 e. The number of allylic oxidation sites excluding steroid dienone is 3. The molecule has 2 aromatic rings. The van der Waals surface area contributed by atoms with Crippen LogP contribution < -0.4 is 0 Å². The second-order valence-electron chi connectivity index (χ2n) is 9.00. The third-order valence-electron chi connectivity index (χ3n) is 6.59. The van der Waals surface area contributed by atoms with Gasteiger partial charge in [0, 0.05) is 21.6 Å². The number of rotatable bonds is 5. The van der Waals surface area contributed by atoms with Gasteiger partial charge in [-0.15, -0.1) is 11.3 Å². The average Bonchev–Trinajstić information content (AvgIpc) is 3.24. The lowest BCUT2D eigenvalue weighted by atomic mass is 9.69. The van der Waals surface area contributed by atoms with Crippen molar-refractivity contribution < 1.29 is 29.6 Å². The smallest absolute Gasteiger partial charge is 0.123 e. The van der Waals surface area contributed by atoms with Crippen molar-refractivity contribution >= 4 is 11.3 Å². The quantitative estimate of drug-likeness (QED) is 0.550. The minimum Gasteiger partial charge on any atom is -0.394 e. The largest absolute Gasteiger partial charge is 0.394 e. The van der Waals surface area contributed by atoms with E-state index in [-0.39, 0.29) is 5.82 Å². The summed E-state index contributed by atoms with van der Waals surface area (Å²) in [5.74, 6) is -0.257. The highest BCUT2D eigenvalue weighted by atomic mass is 32.1. The Bertz CT molecular complexity index is 1010. The van der Waals surface area contributed by atoms with Crippen molar-refractivity contribution in [2.75, 3.05) is 6.61 Å². The first-order valence-electron chi connectivity index (χ1n) is 10.7. The van der Waals surface area contributed by atoms with Gasteiger partial charge in [-0.25, -0.2) is 4.39 Å². The van der Waals surface area contributed by atoms with Gasteiger partial charge in [0.15, 0.2) is 0 Å². The molecule has 6 atom stereocenters. The van der Waals surface area contributed by atoms with Crippen molar-refractivity contribution in [1.29, 1.82) is 0 Å². The van der Waals surface area contributed by atoms with Crippen LogP contribution in [0.4, 0.5) is 4.39 Å². The highest BCUT2D eigenvalue weighted by molar-refractivity contribution is 7.15. The summed E-state index contributed by atoms with van der Waals surface area (Å²) in [5.41, 5.74) is 2.70. The fourth-order valence-electron chi connectivity index (χ4n) is 4.59. The van der Waals surface area contributed by atoms with Gasteiger partial charge in [-0.1, -0.05) is 42.4 Å². The van der Waals surface area contributed by atoms with Crippen LogP contribution in [-0.2, 0) is 11.2 Å². The molecule has 0 radical (unpaired) electrons. The summed E-state index contributed by atoms with van der Waals surface area (Å²) in [6.45, 7) is 3.57. The molecule has 2 aliphatic rings. The molecule has 2 heterocycles. The molecule has 0 saturated carbocycles. The maximum absolute atomic E-state index is 13.2. The van der Waals surface area contributed by atoms with Crippen LogP contribution in [0.15, 0.2) is 59.7 Å². The Labute approximate surface area is 191 Å². The molecule has 4 N–H and O–H groups in total. The minimum absolute atomic E-state index is 0.257. The van der Waals surface area contributed by atoms with Crippen molar-refractivity contribution in [1.82, 2.24) is 0 Å². The van der Waals surface area contributed by atoms with E-state index in [0.29, 0.717) is 6.42 Å². The predicted molar refractivity (Wildman–Crippen MR) is 122 cm³/mol. The first kappa shape index (κ1) is 23.3. The number of hydrogen-bond acceptors (Lipinski definition) is 6. The normalized spacial score (nSPS) is 33.0. The van der Waals surface area contributed by atoms with Crippen LogP contribution in [0.2, 0.25) is 0 Å². The summed E-state index contributed by atoms with van der Waals surface area (Å²) in [6, 6.07) is 10.6. The van der Waals surface area contributed by atoms with Gasteiger partial charge >= 0.3 is 0 Å². The van der Waals surface area contributed by atoms with Crippen LogP contribution in [0, 0.1) is 11.2 Å². The van der Waals surface area contributed by atoms with Crippen LogP contribution in [0.5, 0.6) is 0 Å². The van der Waals surface area contributed by atoms with E-state index in [9.17, 15) is 24.8 Å². The summed E-state index contributed by atoms with van der Waals surface area (Å²) in [5, 5.41) is 40.5. The summed E-state index contributed by atoms with van der Waals surface area (Å²) >= 11 is 1.66. The molecular formula is C25H29FO5S. The Hall–Kier alpha value is -1.87. The van der Waals surface area contributed by atoms with Crippen LogP contribution in [0.3, 0.4) is 0 Å². The number of hydrogen-bond donors (Lipinski definition) is 4. The second kappa shape index (κ2) is 9.17. The van der Waals surface area contributed by atoms with Crippen LogP contribution in [0.25, 0.3) is 10.4 Å². The molecule has 7 heteroatoms. The molecule has 0 spiro atoms. The number of halogens is 1. The molecule has 1 fully saturated rings. The third-order valence-corrected chi connectivity index (χ3v) is 7.72. The van der Waals surface area contributed by atoms with Gasteiger partial charge in [0.2, 0.25) is 0 Å². The Balaban J connectivity index is 1.53. The van der Waals surface area contributed by atoms with E-state index in [1.165, 1.54) is 22.6 Å². The number of aliphatic hydroxyl groups is 4. The van der Waals surface area contributed by atoms with Crippen LogP contribution >= 0.6 is 11.3 Å². The van der Waals surface area contributed by atoms with E-state index >= 15 is 0 Å². The Morgan fingerprint density at radius 3 is 2.47 bits per heavy atom. The van der Waals surface area contributed by atoms with E-state index in [2.05, 4.69) is 6.07 Å². The van der Waals surface area contributed by atoms with Gasteiger partial charge in [0.1, 0.15) is 30.2 Å². The molecule has 5 nitrogen and oxygen atoms in total. The van der Waals surface area contributed by atoms with Gasteiger partial charge in [-0.2, -0.15) is 0 Å². The summed E-state index contributed by atoms with van der Waals surface area (Å²) in [7, 11) is 0. The van der Waals surface area contributed by atoms with Gasteiger partial charge in [-0.05, 0) is 43.2 Å². The molecular weight excluding hydrogens is 431 g/mol. The zero-order valence-electron chi connectivity index (χ0n) is 18.1. The fraction of sp³-hybridized carbons (Fsp3) is 0.440. The highest BCUT2D eigenvalue weighted by Crippen LogP contribution is 2.44. The molecule has 0 bridgehead atoms. The van der Waals surface area contributed by atoms with Gasteiger partial charge in [0.25, 0.3) is 0 Å². The number of aliphatic hydroxyl groups excluding tert-OH is 4. The average molecular weight is 461 g/mol. The van der Waals surface area contributed by atoms with E-state index in [4.69, 9.17) is 4.74 Å². The van der Waals surface area contributed by atoms with Crippen molar-refractivity contribution in [3.8, 4) is 10.4 Å². The molecule has 1 aromatic carbocycles. The molecule has 172 valence electrons. The molecule has 4 rings (SSSR count). The van der Waals surface area contributed by atoms with Crippen LogP contribution in [0.1, 0.15) is 25.1 Å². The first-order chi connectivity index (χ1) is 15.2. The third kappa shape index (κ3) is 4.46. The highest BCUT2D eigenvalue weighted by Gasteiger charge is 2.50. The van der Waals surface area contributed by atoms with E-state index in [1.54, 1.807) is 23.5 Å². The SMILES string of the molecule is CC1=C(Cc2ccc(-c3ccc(F)cc3)s2)CC(C)(C2O[C@H](CO)[C@@H](O)[C@H](O)[C@H]2O)C=C1. The maximum atomic E-state index is 13.2. The second-order valence-corrected chi connectivity index (χ2v) is 10.2. The van der Waals surface area contributed by atoms with E-state index < -0.39 is 42.5 Å². The fourth-order valence-corrected chi connectivity index (χ4v) is 5.64. The van der Waals surface area contributed by atoms with Crippen molar-refractivity contribution in [3.05, 3.63) is 70.4 Å².